The molecular formula is C15H21NO4S. The molecule has 0 aromatic heterocycles. The fourth-order valence-corrected chi connectivity index (χ4v) is 3.19. The Morgan fingerprint density at radius 3 is 3.00 bits per heavy atom. The van der Waals surface area contributed by atoms with Crippen LogP contribution in [0.1, 0.15) is 6.42 Å². The highest BCUT2D eigenvalue weighted by Crippen LogP contribution is 2.24. The van der Waals surface area contributed by atoms with E-state index in [4.69, 9.17) is 9.84 Å². The summed E-state index contributed by atoms with van der Waals surface area (Å²) in [6, 6.07) is 7.59. The van der Waals surface area contributed by atoms with E-state index >= 15 is 0 Å². The molecule has 1 aliphatic heterocycles. The normalized spacial score (nSPS) is 22.1. The summed E-state index contributed by atoms with van der Waals surface area (Å²) in [6.07, 6.45) is 0.0160. The summed E-state index contributed by atoms with van der Waals surface area (Å²) in [5, 5.41) is 19.0. The maximum atomic E-state index is 12.2. The van der Waals surface area contributed by atoms with Gasteiger partial charge in [0.05, 0.1) is 19.0 Å². The molecule has 2 N–H and O–H groups in total. The average Bonchev–Trinajstić information content (AvgIpc) is 2.52. The van der Waals surface area contributed by atoms with Crippen LogP contribution in [0.5, 0.6) is 5.75 Å². The molecule has 1 fully saturated rings. The van der Waals surface area contributed by atoms with Gasteiger partial charge in [-0.15, -0.1) is 11.8 Å². The number of carbonyl (C=O) groups excluding carboxylic acids is 1. The summed E-state index contributed by atoms with van der Waals surface area (Å²) in [7, 11) is 1.61. The molecule has 2 rings (SSSR count). The maximum Gasteiger partial charge on any atom is 0.233 e. The molecule has 0 radical (unpaired) electrons. The van der Waals surface area contributed by atoms with Gasteiger partial charge in [-0.05, 0) is 24.6 Å². The highest BCUT2D eigenvalue weighted by molar-refractivity contribution is 8.00. The molecule has 0 bridgehead atoms. The number of amides is 1. The third kappa shape index (κ3) is 4.36. The van der Waals surface area contributed by atoms with E-state index in [1.54, 1.807) is 12.0 Å². The third-order valence-corrected chi connectivity index (χ3v) is 4.69. The Balaban J connectivity index is 1.84. The molecule has 2 atom stereocenters. The third-order valence-electron chi connectivity index (χ3n) is 3.71. The minimum Gasteiger partial charge on any atom is -0.497 e. The van der Waals surface area contributed by atoms with Crippen LogP contribution in [0.3, 0.4) is 0 Å². The molecular weight excluding hydrogens is 290 g/mol. The second-order valence-electron chi connectivity index (χ2n) is 5.11. The van der Waals surface area contributed by atoms with Crippen molar-refractivity contribution in [3.63, 3.8) is 0 Å². The Morgan fingerprint density at radius 2 is 2.33 bits per heavy atom. The molecule has 0 aliphatic carbocycles. The Morgan fingerprint density at radius 1 is 1.52 bits per heavy atom. The molecule has 6 heteroatoms. The Labute approximate surface area is 128 Å². The Hall–Kier alpha value is -1.24. The van der Waals surface area contributed by atoms with Crippen molar-refractivity contribution in [2.45, 2.75) is 17.4 Å². The van der Waals surface area contributed by atoms with E-state index in [2.05, 4.69) is 0 Å². The minimum absolute atomic E-state index is 0.0123. The van der Waals surface area contributed by atoms with Crippen LogP contribution < -0.4 is 4.74 Å². The summed E-state index contributed by atoms with van der Waals surface area (Å²) < 4.78 is 5.15. The van der Waals surface area contributed by atoms with Crippen molar-refractivity contribution in [3.05, 3.63) is 24.3 Å². The van der Waals surface area contributed by atoms with Crippen molar-refractivity contribution in [1.82, 2.24) is 4.90 Å². The van der Waals surface area contributed by atoms with Gasteiger partial charge < -0.3 is 19.8 Å². The number of ether oxygens (including phenoxy) is 1. The summed E-state index contributed by atoms with van der Waals surface area (Å²) in [5.74, 6) is 1.01. The standard InChI is InChI=1S/C15H21NO4S/c1-20-12-3-2-4-13(7-12)21-10-15(19)16-6-5-11(9-17)14(18)8-16/h2-4,7,11,14,17-18H,5-6,8-10H2,1H3/t11-,14-/m1/s1. The Bertz CT molecular complexity index is 482. The lowest BCUT2D eigenvalue weighted by Gasteiger charge is -2.35. The number of piperidine rings is 1. The van der Waals surface area contributed by atoms with Crippen LogP contribution in [0.25, 0.3) is 0 Å². The molecule has 1 saturated heterocycles. The van der Waals surface area contributed by atoms with E-state index < -0.39 is 6.10 Å². The SMILES string of the molecule is COc1cccc(SCC(=O)N2CC[C@H](CO)[C@H](O)C2)c1. The fourth-order valence-electron chi connectivity index (χ4n) is 2.35. The number of benzene rings is 1. The van der Waals surface area contributed by atoms with Crippen LogP contribution in [0.15, 0.2) is 29.2 Å². The number of methoxy groups -OCH3 is 1. The van der Waals surface area contributed by atoms with Gasteiger partial charge in [0, 0.05) is 30.5 Å². The van der Waals surface area contributed by atoms with Crippen molar-refractivity contribution in [1.29, 1.82) is 0 Å². The zero-order valence-electron chi connectivity index (χ0n) is 12.1. The molecule has 1 aromatic rings. The molecule has 0 unspecified atom stereocenters. The lowest BCUT2D eigenvalue weighted by atomic mass is 9.95. The first-order valence-corrected chi connectivity index (χ1v) is 7.96. The number of aliphatic hydroxyl groups is 2. The van der Waals surface area contributed by atoms with Gasteiger partial charge in [0.2, 0.25) is 5.91 Å². The summed E-state index contributed by atoms with van der Waals surface area (Å²) >= 11 is 1.46. The predicted octanol–water partition coefficient (Wildman–Crippen LogP) is 0.989. The number of hydrogen-bond donors (Lipinski definition) is 2. The van der Waals surface area contributed by atoms with Crippen LogP contribution in [0.2, 0.25) is 0 Å². The van der Waals surface area contributed by atoms with Gasteiger partial charge in [-0.2, -0.15) is 0 Å². The first-order valence-electron chi connectivity index (χ1n) is 6.97. The number of nitrogens with zero attached hydrogens (tertiary/aromatic N) is 1. The molecule has 1 aliphatic rings. The van der Waals surface area contributed by atoms with Crippen LogP contribution in [0, 0.1) is 5.92 Å². The topological polar surface area (TPSA) is 70.0 Å². The molecule has 0 saturated carbocycles. The van der Waals surface area contributed by atoms with Gasteiger partial charge in [0.15, 0.2) is 0 Å². The van der Waals surface area contributed by atoms with Crippen LogP contribution in [0.4, 0.5) is 0 Å². The van der Waals surface area contributed by atoms with E-state index in [0.29, 0.717) is 25.3 Å². The summed E-state index contributed by atoms with van der Waals surface area (Å²) in [5.41, 5.74) is 0. The van der Waals surface area contributed by atoms with Gasteiger partial charge >= 0.3 is 0 Å². The van der Waals surface area contributed by atoms with Gasteiger partial charge in [-0.1, -0.05) is 6.07 Å². The molecule has 5 nitrogen and oxygen atoms in total. The number of aliphatic hydroxyl groups excluding tert-OH is 2. The molecule has 21 heavy (non-hydrogen) atoms. The van der Waals surface area contributed by atoms with Crippen molar-refractivity contribution in [2.75, 3.05) is 32.6 Å². The fraction of sp³-hybridized carbons (Fsp3) is 0.533. The highest BCUT2D eigenvalue weighted by Gasteiger charge is 2.29. The van der Waals surface area contributed by atoms with E-state index in [-0.39, 0.29) is 18.4 Å². The van der Waals surface area contributed by atoms with Crippen molar-refractivity contribution in [2.24, 2.45) is 5.92 Å². The van der Waals surface area contributed by atoms with E-state index in [0.717, 1.165) is 10.6 Å². The first-order chi connectivity index (χ1) is 10.1. The number of carbonyl (C=O) groups is 1. The van der Waals surface area contributed by atoms with Gasteiger partial charge in [-0.25, -0.2) is 0 Å². The van der Waals surface area contributed by atoms with E-state index in [9.17, 15) is 9.90 Å². The number of hydrogen-bond acceptors (Lipinski definition) is 5. The monoisotopic (exact) mass is 311 g/mol. The average molecular weight is 311 g/mol. The summed E-state index contributed by atoms with van der Waals surface area (Å²) in [6.45, 7) is 0.879. The Kier molecular flexibility index (Phi) is 5.90. The number of rotatable bonds is 5. The molecule has 1 heterocycles. The predicted molar refractivity (Wildman–Crippen MR) is 81.5 cm³/mol. The lowest BCUT2D eigenvalue weighted by Crippen LogP contribution is -2.48. The largest absolute Gasteiger partial charge is 0.497 e. The van der Waals surface area contributed by atoms with Crippen LogP contribution in [-0.4, -0.2) is 59.7 Å². The van der Waals surface area contributed by atoms with Crippen LogP contribution >= 0.6 is 11.8 Å². The van der Waals surface area contributed by atoms with Crippen molar-refractivity contribution in [3.8, 4) is 5.75 Å². The van der Waals surface area contributed by atoms with E-state index in [1.807, 2.05) is 24.3 Å². The maximum absolute atomic E-state index is 12.2. The number of likely N-dealkylation sites (tertiary alicyclic amines) is 1. The van der Waals surface area contributed by atoms with Crippen LogP contribution in [-0.2, 0) is 4.79 Å². The van der Waals surface area contributed by atoms with Crippen molar-refractivity contribution < 1.29 is 19.7 Å². The van der Waals surface area contributed by atoms with Gasteiger partial charge in [0.25, 0.3) is 0 Å². The first kappa shape index (κ1) is 16.1. The minimum atomic E-state index is -0.630. The lowest BCUT2D eigenvalue weighted by molar-refractivity contribution is -0.133. The van der Waals surface area contributed by atoms with Gasteiger partial charge in [0.1, 0.15) is 5.75 Å². The second kappa shape index (κ2) is 7.68. The number of β-amino-alcohol motifs (C(OH)–C–C–N with tert-alkyl or cyclic N) is 1. The highest BCUT2D eigenvalue weighted by atomic mass is 32.2. The molecule has 1 amide bonds. The van der Waals surface area contributed by atoms with Gasteiger partial charge in [-0.3, -0.25) is 4.79 Å². The number of thioether (sulfide) groups is 1. The smallest absolute Gasteiger partial charge is 0.233 e. The zero-order chi connectivity index (χ0) is 15.2. The summed E-state index contributed by atoms with van der Waals surface area (Å²) in [4.78, 5) is 14.8. The van der Waals surface area contributed by atoms with Crippen molar-refractivity contribution >= 4 is 17.7 Å². The second-order valence-corrected chi connectivity index (χ2v) is 6.15. The molecule has 0 spiro atoms. The molecule has 1 aromatic carbocycles. The zero-order valence-corrected chi connectivity index (χ0v) is 12.9. The van der Waals surface area contributed by atoms with E-state index in [1.165, 1.54) is 11.8 Å². The quantitative estimate of drug-likeness (QED) is 0.794. The molecule has 116 valence electrons.